The minimum absolute atomic E-state index is 0.137. The summed E-state index contributed by atoms with van der Waals surface area (Å²) in [6, 6.07) is 23.6. The second-order valence-corrected chi connectivity index (χ2v) is 8.60. The molecule has 0 bridgehead atoms. The summed E-state index contributed by atoms with van der Waals surface area (Å²) in [5, 5.41) is 0. The molecule has 3 aromatic rings. The maximum atomic E-state index is 12.9. The predicted octanol–water partition coefficient (Wildman–Crippen LogP) is 5.32. The Morgan fingerprint density at radius 1 is 1.00 bits per heavy atom. The number of thioether (sulfide) groups is 1. The molecule has 0 N–H and O–H groups in total. The molecule has 1 aliphatic heterocycles. The van der Waals surface area contributed by atoms with Crippen LogP contribution in [0.25, 0.3) is 6.08 Å². The Morgan fingerprint density at radius 3 is 2.38 bits per heavy atom. The summed E-state index contributed by atoms with van der Waals surface area (Å²) >= 11 is 6.68. The number of carbonyl (C=O) groups is 2. The maximum Gasteiger partial charge on any atom is 0.343 e. The third kappa shape index (κ3) is 4.90. The Bertz CT molecular complexity index is 1190. The largest absolute Gasteiger partial charge is 0.493 e. The molecular formula is C25H19NO4S2. The second-order valence-electron chi connectivity index (χ2n) is 6.92. The molecule has 0 saturated carbocycles. The molecule has 1 saturated heterocycles. The van der Waals surface area contributed by atoms with Crippen molar-refractivity contribution in [1.29, 1.82) is 0 Å². The smallest absolute Gasteiger partial charge is 0.343 e. The Morgan fingerprint density at radius 2 is 1.69 bits per heavy atom. The standard InChI is InChI=1S/C25H19NO4S2/c1-29-21-14-18(12-13-20(21)30-24(28)19-10-6-3-7-11-19)15-22-23(27)26(25(31)32-22)16-17-8-4-2-5-9-17/h2-15H,16H2,1H3/b22-15-. The van der Waals surface area contributed by atoms with Gasteiger partial charge in [0.2, 0.25) is 0 Å². The third-order valence-corrected chi connectivity index (χ3v) is 6.13. The van der Waals surface area contributed by atoms with Gasteiger partial charge in [0.1, 0.15) is 4.32 Å². The number of ether oxygens (including phenoxy) is 2. The molecule has 1 amide bonds. The molecule has 4 rings (SSSR count). The van der Waals surface area contributed by atoms with E-state index in [1.807, 2.05) is 36.4 Å². The van der Waals surface area contributed by atoms with Crippen molar-refractivity contribution in [3.8, 4) is 11.5 Å². The van der Waals surface area contributed by atoms with Crippen LogP contribution in [0.4, 0.5) is 0 Å². The second kappa shape index (κ2) is 9.80. The van der Waals surface area contributed by atoms with Gasteiger partial charge in [-0.3, -0.25) is 9.69 Å². The van der Waals surface area contributed by atoms with Crippen molar-refractivity contribution >= 4 is 46.3 Å². The number of carbonyl (C=O) groups excluding carboxylic acids is 2. The lowest BCUT2D eigenvalue weighted by molar-refractivity contribution is -0.122. The summed E-state index contributed by atoms with van der Waals surface area (Å²) in [6.45, 7) is 0.431. The van der Waals surface area contributed by atoms with E-state index in [0.29, 0.717) is 32.8 Å². The normalized spacial score (nSPS) is 14.7. The summed E-state index contributed by atoms with van der Waals surface area (Å²) < 4.78 is 11.4. The zero-order valence-electron chi connectivity index (χ0n) is 17.2. The van der Waals surface area contributed by atoms with Gasteiger partial charge >= 0.3 is 5.97 Å². The number of amides is 1. The minimum Gasteiger partial charge on any atom is -0.493 e. The van der Waals surface area contributed by atoms with Crippen molar-refractivity contribution in [3.63, 3.8) is 0 Å². The van der Waals surface area contributed by atoms with Gasteiger partial charge in [0.15, 0.2) is 11.5 Å². The molecule has 0 radical (unpaired) electrons. The molecule has 32 heavy (non-hydrogen) atoms. The topological polar surface area (TPSA) is 55.8 Å². The van der Waals surface area contributed by atoms with Crippen molar-refractivity contribution in [2.45, 2.75) is 6.54 Å². The SMILES string of the molecule is COc1cc(/C=C2\SC(=S)N(Cc3ccccc3)C2=O)ccc1OC(=O)c1ccccc1. The number of hydrogen-bond donors (Lipinski definition) is 0. The van der Waals surface area contributed by atoms with E-state index in [9.17, 15) is 9.59 Å². The molecule has 0 spiro atoms. The first-order chi connectivity index (χ1) is 15.5. The van der Waals surface area contributed by atoms with Gasteiger partial charge in [-0.2, -0.15) is 0 Å². The zero-order chi connectivity index (χ0) is 22.5. The highest BCUT2D eigenvalue weighted by Gasteiger charge is 2.32. The molecule has 0 aromatic heterocycles. The molecule has 0 unspecified atom stereocenters. The summed E-state index contributed by atoms with van der Waals surface area (Å²) in [7, 11) is 1.50. The molecule has 7 heteroatoms. The van der Waals surface area contributed by atoms with E-state index in [1.165, 1.54) is 18.9 Å². The zero-order valence-corrected chi connectivity index (χ0v) is 18.8. The molecule has 3 aromatic carbocycles. The number of benzene rings is 3. The quantitative estimate of drug-likeness (QED) is 0.214. The van der Waals surface area contributed by atoms with E-state index in [4.69, 9.17) is 21.7 Å². The summed E-state index contributed by atoms with van der Waals surface area (Å²) in [5.74, 6) is 0.0822. The maximum absolute atomic E-state index is 12.9. The lowest BCUT2D eigenvalue weighted by Gasteiger charge is -2.14. The van der Waals surface area contributed by atoms with Crippen molar-refractivity contribution in [3.05, 3.63) is 100 Å². The van der Waals surface area contributed by atoms with E-state index in [0.717, 1.165) is 11.1 Å². The fourth-order valence-electron chi connectivity index (χ4n) is 3.14. The highest BCUT2D eigenvalue weighted by atomic mass is 32.2. The molecule has 160 valence electrons. The van der Waals surface area contributed by atoms with Crippen LogP contribution in [0.1, 0.15) is 21.5 Å². The molecule has 1 aliphatic rings. The van der Waals surface area contributed by atoms with Crippen molar-refractivity contribution in [2.24, 2.45) is 0 Å². The molecule has 0 aliphatic carbocycles. The Balaban J connectivity index is 1.52. The number of methoxy groups -OCH3 is 1. The third-order valence-electron chi connectivity index (χ3n) is 4.75. The first-order valence-electron chi connectivity index (χ1n) is 9.79. The van der Waals surface area contributed by atoms with E-state index >= 15 is 0 Å². The van der Waals surface area contributed by atoms with Crippen LogP contribution in [0.5, 0.6) is 11.5 Å². The van der Waals surface area contributed by atoms with E-state index < -0.39 is 5.97 Å². The highest BCUT2D eigenvalue weighted by Crippen LogP contribution is 2.35. The monoisotopic (exact) mass is 461 g/mol. The van der Waals surface area contributed by atoms with E-state index in [2.05, 4.69) is 0 Å². The lowest BCUT2D eigenvalue weighted by atomic mass is 10.1. The Kier molecular flexibility index (Phi) is 6.68. The van der Waals surface area contributed by atoms with Crippen LogP contribution in [0, 0.1) is 0 Å². The van der Waals surface area contributed by atoms with Gasteiger partial charge in [-0.1, -0.05) is 78.6 Å². The fraction of sp³-hybridized carbons (Fsp3) is 0.0800. The summed E-state index contributed by atoms with van der Waals surface area (Å²) in [4.78, 5) is 27.4. The van der Waals surface area contributed by atoms with Crippen LogP contribution in [0.2, 0.25) is 0 Å². The Labute approximate surface area is 195 Å². The molecule has 1 fully saturated rings. The number of thiocarbonyl (C=S) groups is 1. The van der Waals surface area contributed by atoms with Gasteiger partial charge in [-0.15, -0.1) is 0 Å². The van der Waals surface area contributed by atoms with Gasteiger partial charge < -0.3 is 9.47 Å². The number of hydrogen-bond acceptors (Lipinski definition) is 6. The van der Waals surface area contributed by atoms with Crippen LogP contribution in [0.15, 0.2) is 83.8 Å². The van der Waals surface area contributed by atoms with Crippen molar-refractivity contribution in [1.82, 2.24) is 4.90 Å². The molecule has 5 nitrogen and oxygen atoms in total. The number of rotatable bonds is 6. The summed E-state index contributed by atoms with van der Waals surface area (Å²) in [5.41, 5.74) is 2.19. The minimum atomic E-state index is -0.474. The number of nitrogens with zero attached hydrogens (tertiary/aromatic N) is 1. The van der Waals surface area contributed by atoms with Gasteiger partial charge in [0.25, 0.3) is 5.91 Å². The van der Waals surface area contributed by atoms with Crippen LogP contribution in [-0.2, 0) is 11.3 Å². The molecular weight excluding hydrogens is 442 g/mol. The lowest BCUT2D eigenvalue weighted by Crippen LogP contribution is -2.27. The fourth-order valence-corrected chi connectivity index (χ4v) is 4.40. The van der Waals surface area contributed by atoms with Gasteiger partial charge in [-0.05, 0) is 41.5 Å². The Hall–Kier alpha value is -3.42. The van der Waals surface area contributed by atoms with Crippen molar-refractivity contribution < 1.29 is 19.1 Å². The van der Waals surface area contributed by atoms with Gasteiger partial charge in [-0.25, -0.2) is 4.79 Å². The van der Waals surface area contributed by atoms with Crippen LogP contribution in [0.3, 0.4) is 0 Å². The van der Waals surface area contributed by atoms with Crippen LogP contribution >= 0.6 is 24.0 Å². The first kappa shape index (κ1) is 21.8. The van der Waals surface area contributed by atoms with Crippen LogP contribution in [-0.4, -0.2) is 28.2 Å². The van der Waals surface area contributed by atoms with E-state index in [-0.39, 0.29) is 5.91 Å². The first-order valence-corrected chi connectivity index (χ1v) is 11.0. The van der Waals surface area contributed by atoms with Gasteiger partial charge in [0.05, 0.1) is 24.1 Å². The number of esters is 1. The highest BCUT2D eigenvalue weighted by molar-refractivity contribution is 8.26. The summed E-state index contributed by atoms with van der Waals surface area (Å²) in [6.07, 6.45) is 1.76. The van der Waals surface area contributed by atoms with Crippen molar-refractivity contribution in [2.75, 3.05) is 7.11 Å². The van der Waals surface area contributed by atoms with Gasteiger partial charge in [0, 0.05) is 0 Å². The molecule has 0 atom stereocenters. The average Bonchev–Trinajstić information content (AvgIpc) is 3.08. The van der Waals surface area contributed by atoms with Crippen LogP contribution < -0.4 is 9.47 Å². The molecule has 1 heterocycles. The predicted molar refractivity (Wildman–Crippen MR) is 130 cm³/mol. The average molecular weight is 462 g/mol. The van der Waals surface area contributed by atoms with E-state index in [1.54, 1.807) is 53.4 Å².